The van der Waals surface area contributed by atoms with Crippen molar-refractivity contribution in [2.75, 3.05) is 14.2 Å². The van der Waals surface area contributed by atoms with Gasteiger partial charge in [-0.15, -0.1) is 0 Å². The molecule has 0 saturated heterocycles. The zero-order valence-corrected chi connectivity index (χ0v) is 12.7. The molecule has 4 nitrogen and oxygen atoms in total. The molecule has 0 aliphatic rings. The van der Waals surface area contributed by atoms with E-state index >= 15 is 0 Å². The second-order valence-electron chi connectivity index (χ2n) is 4.35. The van der Waals surface area contributed by atoms with E-state index in [1.807, 2.05) is 0 Å². The molecule has 0 bridgehead atoms. The van der Waals surface area contributed by atoms with Crippen LogP contribution in [-0.2, 0) is 0 Å². The summed E-state index contributed by atoms with van der Waals surface area (Å²) in [5.74, 6) is 1.75. The lowest BCUT2D eigenvalue weighted by Crippen LogP contribution is -1.93. The normalized spacial score (nSPS) is 10.9. The van der Waals surface area contributed by atoms with Gasteiger partial charge in [-0.25, -0.2) is 0 Å². The number of aryl methyl sites for hydroxylation is 1. The highest BCUT2D eigenvalue weighted by molar-refractivity contribution is 6.32. The molecule has 0 aliphatic carbocycles. The van der Waals surface area contributed by atoms with Crippen molar-refractivity contribution in [2.24, 2.45) is 0 Å². The van der Waals surface area contributed by atoms with Crippen molar-refractivity contribution < 1.29 is 18.7 Å². The van der Waals surface area contributed by atoms with Crippen LogP contribution in [0, 0.1) is 6.92 Å². The molecule has 0 saturated carbocycles. The molecule has 21 heavy (non-hydrogen) atoms. The van der Waals surface area contributed by atoms with Gasteiger partial charge in [0.1, 0.15) is 5.76 Å². The van der Waals surface area contributed by atoms with Crippen molar-refractivity contribution in [1.82, 2.24) is 0 Å². The SMILES string of the molecule is COc1cc(/C=C/C(=O)c2ccc(C)o2)cc(Cl)c1OC. The predicted molar refractivity (Wildman–Crippen MR) is 81.4 cm³/mol. The number of ether oxygens (including phenoxy) is 2. The summed E-state index contributed by atoms with van der Waals surface area (Å²) >= 11 is 6.11. The first-order valence-corrected chi connectivity index (χ1v) is 6.63. The van der Waals surface area contributed by atoms with Crippen LogP contribution in [0.5, 0.6) is 11.5 Å². The summed E-state index contributed by atoms with van der Waals surface area (Å²) in [6.45, 7) is 1.79. The molecule has 110 valence electrons. The van der Waals surface area contributed by atoms with Gasteiger partial charge in [0.2, 0.25) is 5.78 Å². The molecule has 0 radical (unpaired) electrons. The van der Waals surface area contributed by atoms with Gasteiger partial charge in [0.25, 0.3) is 0 Å². The molecule has 5 heteroatoms. The Kier molecular flexibility index (Phi) is 4.70. The summed E-state index contributed by atoms with van der Waals surface area (Å²) < 4.78 is 15.6. The van der Waals surface area contributed by atoms with Crippen LogP contribution in [0.15, 0.2) is 34.8 Å². The van der Waals surface area contributed by atoms with Crippen molar-refractivity contribution in [3.05, 3.63) is 52.4 Å². The smallest absolute Gasteiger partial charge is 0.221 e. The summed E-state index contributed by atoms with van der Waals surface area (Å²) in [5.41, 5.74) is 0.731. The van der Waals surface area contributed by atoms with Crippen molar-refractivity contribution in [2.45, 2.75) is 6.92 Å². The number of rotatable bonds is 5. The molecular weight excluding hydrogens is 292 g/mol. The maximum atomic E-state index is 11.9. The van der Waals surface area contributed by atoms with Crippen molar-refractivity contribution in [3.8, 4) is 11.5 Å². The van der Waals surface area contributed by atoms with E-state index in [0.717, 1.165) is 5.56 Å². The monoisotopic (exact) mass is 306 g/mol. The fraction of sp³-hybridized carbons (Fsp3) is 0.188. The predicted octanol–water partition coefficient (Wildman–Crippen LogP) is 4.15. The van der Waals surface area contributed by atoms with E-state index in [1.54, 1.807) is 37.3 Å². The second kappa shape index (κ2) is 6.50. The molecule has 0 fully saturated rings. The molecule has 0 amide bonds. The quantitative estimate of drug-likeness (QED) is 0.615. The zero-order valence-electron chi connectivity index (χ0n) is 12.0. The maximum Gasteiger partial charge on any atom is 0.221 e. The first-order valence-electron chi connectivity index (χ1n) is 6.25. The Hall–Kier alpha value is -2.20. The molecule has 1 aromatic carbocycles. The van der Waals surface area contributed by atoms with E-state index in [4.69, 9.17) is 25.5 Å². The van der Waals surface area contributed by atoms with Crippen molar-refractivity contribution in [3.63, 3.8) is 0 Å². The van der Waals surface area contributed by atoms with Gasteiger partial charge in [-0.05, 0) is 42.8 Å². The van der Waals surface area contributed by atoms with Crippen LogP contribution in [0.4, 0.5) is 0 Å². The van der Waals surface area contributed by atoms with Crippen LogP contribution in [0.1, 0.15) is 21.9 Å². The molecule has 0 aliphatic heterocycles. The standard InChI is InChI=1S/C16H15ClO4/c1-10-4-7-14(21-10)13(18)6-5-11-8-12(17)16(20-3)15(9-11)19-2/h4-9H,1-3H3/b6-5+. The molecule has 0 unspecified atom stereocenters. The number of methoxy groups -OCH3 is 2. The Morgan fingerprint density at radius 2 is 2.00 bits per heavy atom. The van der Waals surface area contributed by atoms with Gasteiger partial charge in [-0.2, -0.15) is 0 Å². The Morgan fingerprint density at radius 1 is 1.24 bits per heavy atom. The minimum atomic E-state index is -0.214. The highest BCUT2D eigenvalue weighted by Gasteiger charge is 2.10. The highest BCUT2D eigenvalue weighted by Crippen LogP contribution is 2.36. The minimum Gasteiger partial charge on any atom is -0.493 e. The van der Waals surface area contributed by atoms with Gasteiger partial charge in [-0.3, -0.25) is 4.79 Å². The Morgan fingerprint density at radius 3 is 2.57 bits per heavy atom. The molecule has 1 heterocycles. The second-order valence-corrected chi connectivity index (χ2v) is 4.75. The number of hydrogen-bond donors (Lipinski definition) is 0. The highest BCUT2D eigenvalue weighted by atomic mass is 35.5. The third kappa shape index (κ3) is 3.47. The molecule has 2 aromatic rings. The number of ketones is 1. The number of hydrogen-bond acceptors (Lipinski definition) is 4. The first kappa shape index (κ1) is 15.2. The van der Waals surface area contributed by atoms with Crippen molar-refractivity contribution in [1.29, 1.82) is 0 Å². The number of carbonyl (C=O) groups is 1. The first-order chi connectivity index (χ1) is 10.0. The van der Waals surface area contributed by atoms with E-state index in [1.165, 1.54) is 20.3 Å². The van der Waals surface area contributed by atoms with Crippen LogP contribution in [0.3, 0.4) is 0 Å². The van der Waals surface area contributed by atoms with Gasteiger partial charge in [0, 0.05) is 0 Å². The fourth-order valence-corrected chi connectivity index (χ4v) is 2.15. The number of allylic oxidation sites excluding steroid dienone is 1. The molecular formula is C16H15ClO4. The average Bonchev–Trinajstić information content (AvgIpc) is 2.90. The summed E-state index contributed by atoms with van der Waals surface area (Å²) in [6, 6.07) is 6.82. The summed E-state index contributed by atoms with van der Waals surface area (Å²) in [6.07, 6.45) is 3.07. The molecule has 0 atom stereocenters. The van der Waals surface area contributed by atoms with E-state index in [9.17, 15) is 4.79 Å². The molecule has 1 aromatic heterocycles. The molecule has 0 spiro atoms. The number of furan rings is 1. The number of halogens is 1. The zero-order chi connectivity index (χ0) is 15.4. The topological polar surface area (TPSA) is 48.7 Å². The lowest BCUT2D eigenvalue weighted by atomic mass is 10.1. The lowest BCUT2D eigenvalue weighted by molar-refractivity contribution is 0.102. The summed E-state index contributed by atoms with van der Waals surface area (Å²) in [7, 11) is 3.04. The third-order valence-electron chi connectivity index (χ3n) is 2.87. The average molecular weight is 307 g/mol. The molecule has 2 rings (SSSR count). The maximum absolute atomic E-state index is 11.9. The van der Waals surface area contributed by atoms with Crippen LogP contribution in [0.25, 0.3) is 6.08 Å². The van der Waals surface area contributed by atoms with E-state index in [2.05, 4.69) is 0 Å². The molecule has 0 N–H and O–H groups in total. The third-order valence-corrected chi connectivity index (χ3v) is 3.15. The lowest BCUT2D eigenvalue weighted by Gasteiger charge is -2.10. The van der Waals surface area contributed by atoms with Gasteiger partial charge < -0.3 is 13.9 Å². The van der Waals surface area contributed by atoms with E-state index in [-0.39, 0.29) is 5.78 Å². The minimum absolute atomic E-state index is 0.214. The Balaban J connectivity index is 2.25. The number of carbonyl (C=O) groups excluding carboxylic acids is 1. The Labute approximate surface area is 127 Å². The fourth-order valence-electron chi connectivity index (χ4n) is 1.86. The summed E-state index contributed by atoms with van der Waals surface area (Å²) in [5, 5.41) is 0.415. The van der Waals surface area contributed by atoms with Gasteiger partial charge in [-0.1, -0.05) is 17.7 Å². The number of benzene rings is 1. The van der Waals surface area contributed by atoms with E-state index in [0.29, 0.717) is 28.0 Å². The van der Waals surface area contributed by atoms with Gasteiger partial charge in [0.15, 0.2) is 17.3 Å². The van der Waals surface area contributed by atoms with Crippen LogP contribution in [0.2, 0.25) is 5.02 Å². The van der Waals surface area contributed by atoms with Crippen molar-refractivity contribution >= 4 is 23.5 Å². The van der Waals surface area contributed by atoms with Crippen LogP contribution >= 0.6 is 11.6 Å². The van der Waals surface area contributed by atoms with Gasteiger partial charge >= 0.3 is 0 Å². The largest absolute Gasteiger partial charge is 0.493 e. The van der Waals surface area contributed by atoms with E-state index < -0.39 is 0 Å². The van der Waals surface area contributed by atoms with Gasteiger partial charge in [0.05, 0.1) is 19.2 Å². The van der Waals surface area contributed by atoms with Crippen LogP contribution in [-0.4, -0.2) is 20.0 Å². The van der Waals surface area contributed by atoms with Crippen LogP contribution < -0.4 is 9.47 Å². The Bertz CT molecular complexity index is 686. The summed E-state index contributed by atoms with van der Waals surface area (Å²) in [4.78, 5) is 11.9.